The molecule has 4 nitrogen and oxygen atoms in total. The van der Waals surface area contributed by atoms with Crippen molar-refractivity contribution in [2.75, 3.05) is 34.3 Å². The van der Waals surface area contributed by atoms with Gasteiger partial charge < -0.3 is 9.22 Å². The highest BCUT2D eigenvalue weighted by molar-refractivity contribution is 7.31. The SMILES string of the molecule is C=C(P=O)C(=O)OCC[N+](C)(C)C. The molecule has 5 heteroatoms. The van der Waals surface area contributed by atoms with Gasteiger partial charge in [-0.3, -0.25) is 4.57 Å². The highest BCUT2D eigenvalue weighted by atomic mass is 31.1. The van der Waals surface area contributed by atoms with Gasteiger partial charge in [0.15, 0.2) is 8.46 Å². The number of quaternary nitrogens is 1. The Hall–Kier alpha value is -0.730. The van der Waals surface area contributed by atoms with Crippen molar-refractivity contribution in [3.8, 4) is 0 Å². The van der Waals surface area contributed by atoms with Gasteiger partial charge in [0.1, 0.15) is 18.5 Å². The van der Waals surface area contributed by atoms with Gasteiger partial charge in [-0.15, -0.1) is 0 Å². The van der Waals surface area contributed by atoms with E-state index >= 15 is 0 Å². The van der Waals surface area contributed by atoms with Crippen LogP contribution in [0.5, 0.6) is 0 Å². The number of esters is 1. The molecule has 0 rings (SSSR count). The van der Waals surface area contributed by atoms with Gasteiger partial charge >= 0.3 is 5.97 Å². The monoisotopic (exact) mass is 204 g/mol. The van der Waals surface area contributed by atoms with E-state index in [4.69, 9.17) is 4.74 Å². The molecule has 0 aliphatic heterocycles. The zero-order valence-corrected chi connectivity index (χ0v) is 9.13. The van der Waals surface area contributed by atoms with Gasteiger partial charge in [-0.1, -0.05) is 6.58 Å². The van der Waals surface area contributed by atoms with Crippen molar-refractivity contribution >= 4 is 14.4 Å². The maximum atomic E-state index is 10.9. The minimum absolute atomic E-state index is 0.0404. The quantitative estimate of drug-likeness (QED) is 0.291. The Bertz CT molecular complexity index is 220. The van der Waals surface area contributed by atoms with Crippen molar-refractivity contribution in [1.82, 2.24) is 0 Å². The Labute approximate surface area is 80.0 Å². The van der Waals surface area contributed by atoms with Crippen molar-refractivity contribution in [3.63, 3.8) is 0 Å². The number of carbonyl (C=O) groups excluding carboxylic acids is 1. The molecule has 0 spiro atoms. The fraction of sp³-hybridized carbons (Fsp3) is 0.625. The molecule has 0 aromatic heterocycles. The Balaban J connectivity index is 3.72. The summed E-state index contributed by atoms with van der Waals surface area (Å²) in [5.74, 6) is -0.592. The van der Waals surface area contributed by atoms with Gasteiger partial charge in [0.25, 0.3) is 0 Å². The first kappa shape index (κ1) is 12.3. The predicted molar refractivity (Wildman–Crippen MR) is 50.6 cm³/mol. The lowest BCUT2D eigenvalue weighted by atomic mass is 10.5. The molecule has 13 heavy (non-hydrogen) atoms. The van der Waals surface area contributed by atoms with E-state index < -0.39 is 5.97 Å². The molecular weight excluding hydrogens is 189 g/mol. The van der Waals surface area contributed by atoms with E-state index in [1.807, 2.05) is 21.1 Å². The highest BCUT2D eigenvalue weighted by Gasteiger charge is 2.11. The van der Waals surface area contributed by atoms with Gasteiger partial charge in [0.2, 0.25) is 0 Å². The molecule has 74 valence electrons. The Morgan fingerprint density at radius 3 is 2.38 bits per heavy atom. The lowest BCUT2D eigenvalue weighted by Gasteiger charge is -2.23. The largest absolute Gasteiger partial charge is 0.456 e. The smallest absolute Gasteiger partial charge is 0.345 e. The molecule has 0 aromatic rings. The van der Waals surface area contributed by atoms with Crippen LogP contribution in [0, 0.1) is 0 Å². The van der Waals surface area contributed by atoms with Gasteiger partial charge in [0, 0.05) is 0 Å². The van der Waals surface area contributed by atoms with E-state index in [0.29, 0.717) is 6.61 Å². The summed E-state index contributed by atoms with van der Waals surface area (Å²) < 4.78 is 15.7. The maximum Gasteiger partial charge on any atom is 0.345 e. The second-order valence-electron chi connectivity index (χ2n) is 3.69. The van der Waals surface area contributed by atoms with E-state index in [2.05, 4.69) is 6.58 Å². The molecule has 0 amide bonds. The van der Waals surface area contributed by atoms with E-state index in [1.165, 1.54) is 0 Å². The molecule has 0 aromatic carbocycles. The number of hydrogen-bond acceptors (Lipinski definition) is 3. The number of rotatable bonds is 5. The zero-order chi connectivity index (χ0) is 10.5. The van der Waals surface area contributed by atoms with E-state index in [1.54, 1.807) is 0 Å². The number of carbonyl (C=O) groups is 1. The lowest BCUT2D eigenvalue weighted by Crippen LogP contribution is -2.38. The Morgan fingerprint density at radius 1 is 1.46 bits per heavy atom. The second kappa shape index (κ2) is 5.10. The van der Waals surface area contributed by atoms with Crippen LogP contribution >= 0.6 is 8.46 Å². The molecule has 0 saturated heterocycles. The summed E-state index contributed by atoms with van der Waals surface area (Å²) >= 11 is 0. The summed E-state index contributed by atoms with van der Waals surface area (Å²) in [4.78, 5) is 10.9. The molecule has 0 bridgehead atoms. The first-order valence-corrected chi connectivity index (χ1v) is 4.68. The average molecular weight is 204 g/mol. The van der Waals surface area contributed by atoms with Crippen LogP contribution in [0.2, 0.25) is 0 Å². The zero-order valence-electron chi connectivity index (χ0n) is 8.24. The van der Waals surface area contributed by atoms with E-state index in [0.717, 1.165) is 11.0 Å². The van der Waals surface area contributed by atoms with Crippen LogP contribution in [0.4, 0.5) is 0 Å². The topological polar surface area (TPSA) is 43.4 Å². The highest BCUT2D eigenvalue weighted by Crippen LogP contribution is 2.09. The summed E-state index contributed by atoms with van der Waals surface area (Å²) in [6.07, 6.45) is 0. The van der Waals surface area contributed by atoms with Crippen molar-refractivity contribution in [2.24, 2.45) is 0 Å². The van der Waals surface area contributed by atoms with Gasteiger partial charge in [-0.25, -0.2) is 4.79 Å². The number of hydrogen-bond donors (Lipinski definition) is 0. The number of nitrogens with zero attached hydrogens (tertiary/aromatic N) is 1. The fourth-order valence-corrected chi connectivity index (χ4v) is 0.672. The minimum Gasteiger partial charge on any atom is -0.456 e. The third-order valence-corrected chi connectivity index (χ3v) is 1.74. The first-order chi connectivity index (χ1) is 5.87. The standard InChI is InChI=1S/C8H15NO3P/c1-7(13-11)8(10)12-6-5-9(2,3)4/h1,5-6H2,2-4H3/q+1. The molecule has 0 radical (unpaired) electrons. The molecule has 0 unspecified atom stereocenters. The second-order valence-corrected chi connectivity index (χ2v) is 4.41. The predicted octanol–water partition coefficient (Wildman–Crippen LogP) is 1.04. The molecule has 0 N–H and O–H groups in total. The van der Waals surface area contributed by atoms with Crippen LogP contribution in [-0.4, -0.2) is 44.7 Å². The van der Waals surface area contributed by atoms with Crippen molar-refractivity contribution in [1.29, 1.82) is 0 Å². The Morgan fingerprint density at radius 2 is 2.00 bits per heavy atom. The maximum absolute atomic E-state index is 10.9. The molecule has 0 atom stereocenters. The molecule has 0 aliphatic rings. The third-order valence-electron chi connectivity index (χ3n) is 1.34. The molecule has 0 fully saturated rings. The number of likely N-dealkylation sites (N-methyl/N-ethyl adjacent to an activating group) is 1. The van der Waals surface area contributed by atoms with Crippen LogP contribution in [0.1, 0.15) is 0 Å². The fourth-order valence-electron chi connectivity index (χ4n) is 0.533. The van der Waals surface area contributed by atoms with E-state index in [9.17, 15) is 9.36 Å². The minimum atomic E-state index is -0.592. The summed E-state index contributed by atoms with van der Waals surface area (Å²) in [6.45, 7) is 4.32. The molecule has 0 aliphatic carbocycles. The van der Waals surface area contributed by atoms with Crippen LogP contribution in [-0.2, 0) is 14.1 Å². The lowest BCUT2D eigenvalue weighted by molar-refractivity contribution is -0.870. The molecular formula is C8H15NO3P+. The van der Waals surface area contributed by atoms with Crippen molar-refractivity contribution in [2.45, 2.75) is 0 Å². The summed E-state index contributed by atoms with van der Waals surface area (Å²) in [6, 6.07) is 0. The van der Waals surface area contributed by atoms with Gasteiger partial charge in [-0.05, 0) is 0 Å². The van der Waals surface area contributed by atoms with E-state index in [-0.39, 0.29) is 13.8 Å². The van der Waals surface area contributed by atoms with Crippen LogP contribution in [0.3, 0.4) is 0 Å². The Kier molecular flexibility index (Phi) is 4.81. The summed E-state index contributed by atoms with van der Waals surface area (Å²) in [5, 5.41) is -0.0404. The van der Waals surface area contributed by atoms with Crippen molar-refractivity contribution < 1.29 is 18.6 Å². The van der Waals surface area contributed by atoms with Gasteiger partial charge in [-0.2, -0.15) is 0 Å². The van der Waals surface area contributed by atoms with Crippen LogP contribution in [0.25, 0.3) is 0 Å². The average Bonchev–Trinajstić information content (AvgIpc) is 2.00. The normalized spacial score (nSPS) is 11.3. The molecule has 0 heterocycles. The van der Waals surface area contributed by atoms with Gasteiger partial charge in [0.05, 0.1) is 21.1 Å². The number of ether oxygens (including phenoxy) is 1. The van der Waals surface area contributed by atoms with Crippen LogP contribution < -0.4 is 0 Å². The summed E-state index contributed by atoms with van der Waals surface area (Å²) in [7, 11) is 5.61. The van der Waals surface area contributed by atoms with Crippen LogP contribution in [0.15, 0.2) is 11.9 Å². The summed E-state index contributed by atoms with van der Waals surface area (Å²) in [5.41, 5.74) is 0. The third kappa shape index (κ3) is 6.43. The first-order valence-electron chi connectivity index (χ1n) is 3.86. The molecule has 0 saturated carbocycles. The van der Waals surface area contributed by atoms with Crippen molar-refractivity contribution in [3.05, 3.63) is 11.9 Å².